The van der Waals surface area contributed by atoms with Gasteiger partial charge < -0.3 is 10.3 Å². The molecule has 5 heteroatoms. The Morgan fingerprint density at radius 1 is 1.17 bits per heavy atom. The van der Waals surface area contributed by atoms with Gasteiger partial charge in [-0.1, -0.05) is 6.07 Å². The minimum Gasteiger partial charge on any atom is -0.384 e. The molecule has 0 bridgehead atoms. The van der Waals surface area contributed by atoms with Gasteiger partial charge in [0.15, 0.2) is 5.82 Å². The molecule has 0 saturated carbocycles. The van der Waals surface area contributed by atoms with Crippen molar-refractivity contribution in [3.63, 3.8) is 0 Å². The molecule has 3 aromatic rings. The summed E-state index contributed by atoms with van der Waals surface area (Å²) < 4.78 is 15.0. The van der Waals surface area contributed by atoms with Crippen LogP contribution in [0.2, 0.25) is 0 Å². The van der Waals surface area contributed by atoms with Crippen molar-refractivity contribution in [2.24, 2.45) is 7.05 Å². The van der Waals surface area contributed by atoms with Gasteiger partial charge in [0.05, 0.1) is 11.0 Å². The number of fused-ring (bicyclic) bond motifs is 1. The van der Waals surface area contributed by atoms with Gasteiger partial charge in [0, 0.05) is 13.1 Å². The predicted molar refractivity (Wildman–Crippen MR) is 68.3 cm³/mol. The predicted octanol–water partition coefficient (Wildman–Crippen LogP) is 2.36. The summed E-state index contributed by atoms with van der Waals surface area (Å²) in [5, 5.41) is 0. The number of aryl methyl sites for hydroxylation is 1. The molecule has 18 heavy (non-hydrogen) atoms. The van der Waals surface area contributed by atoms with Crippen molar-refractivity contribution in [2.75, 3.05) is 5.73 Å². The van der Waals surface area contributed by atoms with Gasteiger partial charge in [-0.15, -0.1) is 0 Å². The summed E-state index contributed by atoms with van der Waals surface area (Å²) in [6, 6.07) is 9.89. The summed E-state index contributed by atoms with van der Waals surface area (Å²) in [4.78, 5) is 8.61. The summed E-state index contributed by atoms with van der Waals surface area (Å²) in [5.41, 5.74) is 7.80. The summed E-state index contributed by atoms with van der Waals surface area (Å²) in [6.07, 6.45) is 0. The number of pyridine rings is 1. The molecule has 0 aliphatic heterocycles. The molecular weight excluding hydrogens is 231 g/mol. The quantitative estimate of drug-likeness (QED) is 0.712. The summed E-state index contributed by atoms with van der Waals surface area (Å²) >= 11 is 0. The van der Waals surface area contributed by atoms with E-state index < -0.39 is 0 Å². The number of imidazole rings is 1. The Hall–Kier alpha value is -2.43. The maximum atomic E-state index is 13.2. The molecule has 0 aliphatic carbocycles. The van der Waals surface area contributed by atoms with Crippen molar-refractivity contribution in [3.8, 4) is 11.5 Å². The highest BCUT2D eigenvalue weighted by Crippen LogP contribution is 2.23. The van der Waals surface area contributed by atoms with Gasteiger partial charge in [-0.2, -0.15) is 0 Å². The molecule has 2 N–H and O–H groups in total. The van der Waals surface area contributed by atoms with Crippen molar-refractivity contribution in [1.82, 2.24) is 14.5 Å². The van der Waals surface area contributed by atoms with Gasteiger partial charge in [-0.25, -0.2) is 14.4 Å². The second-order valence-corrected chi connectivity index (χ2v) is 4.08. The maximum absolute atomic E-state index is 13.2. The van der Waals surface area contributed by atoms with E-state index >= 15 is 0 Å². The average molecular weight is 242 g/mol. The number of nitrogens with two attached hydrogens (primary N) is 1. The zero-order valence-corrected chi connectivity index (χ0v) is 9.76. The third-order valence-corrected chi connectivity index (χ3v) is 2.84. The number of nitrogens with zero attached hydrogens (tertiary/aromatic N) is 3. The number of halogens is 1. The first-order valence-electron chi connectivity index (χ1n) is 5.50. The standard InChI is InChI=1S/C13H11FN4/c1-18-11-6-5-8(14)7-10(11)17-13(18)9-3-2-4-12(15)16-9/h2-7H,1H3,(H2,15,16). The fourth-order valence-corrected chi connectivity index (χ4v) is 1.98. The normalized spacial score (nSPS) is 11.0. The van der Waals surface area contributed by atoms with Crippen LogP contribution in [0.5, 0.6) is 0 Å². The number of hydrogen-bond donors (Lipinski definition) is 1. The van der Waals surface area contributed by atoms with Crippen molar-refractivity contribution >= 4 is 16.9 Å². The van der Waals surface area contributed by atoms with Crippen molar-refractivity contribution in [3.05, 3.63) is 42.2 Å². The van der Waals surface area contributed by atoms with E-state index in [0.29, 0.717) is 22.9 Å². The monoisotopic (exact) mass is 242 g/mol. The number of nitrogen functional groups attached to an aromatic ring is 1. The molecule has 0 saturated heterocycles. The highest BCUT2D eigenvalue weighted by atomic mass is 19.1. The minimum atomic E-state index is -0.298. The van der Waals surface area contributed by atoms with E-state index in [1.54, 1.807) is 12.1 Å². The summed E-state index contributed by atoms with van der Waals surface area (Å²) in [5.74, 6) is 0.807. The lowest BCUT2D eigenvalue weighted by molar-refractivity contribution is 0.629. The van der Waals surface area contributed by atoms with Gasteiger partial charge in [0.1, 0.15) is 17.3 Å². The number of anilines is 1. The van der Waals surface area contributed by atoms with E-state index in [9.17, 15) is 4.39 Å². The SMILES string of the molecule is Cn1c(-c2cccc(N)n2)nc2cc(F)ccc21. The number of hydrogen-bond acceptors (Lipinski definition) is 3. The molecule has 2 aromatic heterocycles. The molecule has 0 aliphatic rings. The van der Waals surface area contributed by atoms with Crippen LogP contribution >= 0.6 is 0 Å². The first-order valence-corrected chi connectivity index (χ1v) is 5.50. The zero-order chi connectivity index (χ0) is 12.7. The summed E-state index contributed by atoms with van der Waals surface area (Å²) in [6.45, 7) is 0. The highest BCUT2D eigenvalue weighted by Gasteiger charge is 2.11. The maximum Gasteiger partial charge on any atom is 0.159 e. The van der Waals surface area contributed by atoms with E-state index in [2.05, 4.69) is 9.97 Å². The molecular formula is C13H11FN4. The fourth-order valence-electron chi connectivity index (χ4n) is 1.98. The first kappa shape index (κ1) is 10.7. The number of rotatable bonds is 1. The van der Waals surface area contributed by atoms with Gasteiger partial charge in [-0.05, 0) is 24.3 Å². The smallest absolute Gasteiger partial charge is 0.159 e. The third kappa shape index (κ3) is 1.60. The zero-order valence-electron chi connectivity index (χ0n) is 9.76. The van der Waals surface area contributed by atoms with Crippen molar-refractivity contribution in [2.45, 2.75) is 0 Å². The lowest BCUT2D eigenvalue weighted by atomic mass is 10.3. The van der Waals surface area contributed by atoms with Gasteiger partial charge in [0.2, 0.25) is 0 Å². The topological polar surface area (TPSA) is 56.7 Å². The molecule has 1 aromatic carbocycles. The third-order valence-electron chi connectivity index (χ3n) is 2.84. The molecule has 0 atom stereocenters. The van der Waals surface area contributed by atoms with Crippen LogP contribution in [0.15, 0.2) is 36.4 Å². The first-order chi connectivity index (χ1) is 8.65. The van der Waals surface area contributed by atoms with E-state index in [-0.39, 0.29) is 5.82 Å². The average Bonchev–Trinajstić information content (AvgIpc) is 2.66. The Morgan fingerprint density at radius 3 is 2.78 bits per heavy atom. The van der Waals surface area contributed by atoms with Crippen LogP contribution in [-0.4, -0.2) is 14.5 Å². The Balaban J connectivity index is 2.27. The Bertz CT molecular complexity index is 733. The van der Waals surface area contributed by atoms with E-state index in [1.165, 1.54) is 12.1 Å². The second kappa shape index (κ2) is 3.80. The van der Waals surface area contributed by atoms with Crippen LogP contribution < -0.4 is 5.73 Å². The molecule has 2 heterocycles. The van der Waals surface area contributed by atoms with E-state index in [1.807, 2.05) is 23.7 Å². The largest absolute Gasteiger partial charge is 0.384 e. The number of aromatic nitrogens is 3. The van der Waals surface area contributed by atoms with Crippen molar-refractivity contribution < 1.29 is 4.39 Å². The molecule has 3 rings (SSSR count). The molecule has 0 amide bonds. The second-order valence-electron chi connectivity index (χ2n) is 4.08. The minimum absolute atomic E-state index is 0.298. The molecule has 0 spiro atoms. The number of benzene rings is 1. The van der Waals surface area contributed by atoms with Crippen LogP contribution in [-0.2, 0) is 7.05 Å². The summed E-state index contributed by atoms with van der Waals surface area (Å²) in [7, 11) is 1.87. The highest BCUT2D eigenvalue weighted by molar-refractivity contribution is 5.80. The lowest BCUT2D eigenvalue weighted by Crippen LogP contribution is -1.97. The van der Waals surface area contributed by atoms with E-state index in [4.69, 9.17) is 5.73 Å². The molecule has 90 valence electrons. The fraction of sp³-hybridized carbons (Fsp3) is 0.0769. The van der Waals surface area contributed by atoms with Crippen LogP contribution in [0.4, 0.5) is 10.2 Å². The van der Waals surface area contributed by atoms with Crippen LogP contribution in [0.1, 0.15) is 0 Å². The Labute approximate surface area is 103 Å². The van der Waals surface area contributed by atoms with Gasteiger partial charge >= 0.3 is 0 Å². The van der Waals surface area contributed by atoms with Crippen molar-refractivity contribution in [1.29, 1.82) is 0 Å². The van der Waals surface area contributed by atoms with Gasteiger partial charge in [-0.3, -0.25) is 0 Å². The molecule has 0 unspecified atom stereocenters. The Kier molecular flexibility index (Phi) is 2.26. The van der Waals surface area contributed by atoms with E-state index in [0.717, 1.165) is 5.52 Å². The molecule has 0 fully saturated rings. The van der Waals surface area contributed by atoms with Gasteiger partial charge in [0.25, 0.3) is 0 Å². The van der Waals surface area contributed by atoms with Crippen LogP contribution in [0.3, 0.4) is 0 Å². The Morgan fingerprint density at radius 2 is 2.00 bits per heavy atom. The van der Waals surface area contributed by atoms with Crippen LogP contribution in [0, 0.1) is 5.82 Å². The van der Waals surface area contributed by atoms with Crippen LogP contribution in [0.25, 0.3) is 22.6 Å². The molecule has 0 radical (unpaired) electrons. The lowest BCUT2D eigenvalue weighted by Gasteiger charge is -2.02. The molecule has 4 nitrogen and oxygen atoms in total.